The fourth-order valence-corrected chi connectivity index (χ4v) is 2.80. The molecule has 2 heteroatoms. The van der Waals surface area contributed by atoms with Gasteiger partial charge in [-0.2, -0.15) is 0 Å². The molecule has 0 aromatic heterocycles. The Hall–Kier alpha value is -1.18. The van der Waals surface area contributed by atoms with Crippen LogP contribution in [0, 0.1) is 0 Å². The zero-order valence-corrected chi connectivity index (χ0v) is 11.8. The molecular formula is C16H24O2. The van der Waals surface area contributed by atoms with E-state index in [4.69, 9.17) is 9.47 Å². The summed E-state index contributed by atoms with van der Waals surface area (Å²) in [6.07, 6.45) is 6.23. The molecule has 1 aromatic rings. The number of hydrogen-bond acceptors (Lipinski definition) is 2. The van der Waals surface area contributed by atoms with Crippen LogP contribution in [-0.2, 0) is 5.41 Å². The SMILES string of the molecule is CCCCC(C)(CCC)c1ccc2c(c1)OCO2. The third-order valence-corrected chi connectivity index (χ3v) is 3.95. The van der Waals surface area contributed by atoms with Gasteiger partial charge in [0.25, 0.3) is 0 Å². The average molecular weight is 248 g/mol. The second-order valence-corrected chi connectivity index (χ2v) is 5.48. The Labute approximate surface area is 110 Å². The third kappa shape index (κ3) is 2.63. The van der Waals surface area contributed by atoms with Gasteiger partial charge in [-0.05, 0) is 36.0 Å². The number of fused-ring (bicyclic) bond motifs is 1. The second kappa shape index (κ2) is 5.64. The van der Waals surface area contributed by atoms with Crippen LogP contribution in [0.3, 0.4) is 0 Å². The van der Waals surface area contributed by atoms with Gasteiger partial charge >= 0.3 is 0 Å². The molecule has 100 valence electrons. The minimum atomic E-state index is 0.270. The highest BCUT2D eigenvalue weighted by atomic mass is 16.7. The maximum Gasteiger partial charge on any atom is 0.231 e. The van der Waals surface area contributed by atoms with E-state index in [-0.39, 0.29) is 5.41 Å². The summed E-state index contributed by atoms with van der Waals surface area (Å²) in [6, 6.07) is 6.43. The maximum absolute atomic E-state index is 5.49. The summed E-state index contributed by atoms with van der Waals surface area (Å²) in [7, 11) is 0. The van der Waals surface area contributed by atoms with E-state index in [0.29, 0.717) is 6.79 Å². The Kier molecular flexibility index (Phi) is 4.15. The van der Waals surface area contributed by atoms with Gasteiger partial charge in [-0.25, -0.2) is 0 Å². The molecule has 0 radical (unpaired) electrons. The Morgan fingerprint density at radius 2 is 1.83 bits per heavy atom. The van der Waals surface area contributed by atoms with Crippen LogP contribution < -0.4 is 9.47 Å². The smallest absolute Gasteiger partial charge is 0.231 e. The minimum absolute atomic E-state index is 0.270. The van der Waals surface area contributed by atoms with Crippen molar-refractivity contribution in [1.82, 2.24) is 0 Å². The summed E-state index contributed by atoms with van der Waals surface area (Å²) < 4.78 is 10.9. The lowest BCUT2D eigenvalue weighted by Crippen LogP contribution is -2.21. The summed E-state index contributed by atoms with van der Waals surface area (Å²) in [5, 5.41) is 0. The lowest BCUT2D eigenvalue weighted by Gasteiger charge is -2.30. The van der Waals surface area contributed by atoms with Crippen LogP contribution in [0.1, 0.15) is 58.4 Å². The molecule has 0 saturated heterocycles. The van der Waals surface area contributed by atoms with Crippen LogP contribution in [0.2, 0.25) is 0 Å². The van der Waals surface area contributed by atoms with Gasteiger partial charge < -0.3 is 9.47 Å². The van der Waals surface area contributed by atoms with Gasteiger partial charge in [0.2, 0.25) is 6.79 Å². The Morgan fingerprint density at radius 1 is 1.06 bits per heavy atom. The summed E-state index contributed by atoms with van der Waals surface area (Å²) in [5.74, 6) is 1.79. The van der Waals surface area contributed by atoms with Gasteiger partial charge in [0, 0.05) is 0 Å². The van der Waals surface area contributed by atoms with Crippen LogP contribution in [0.25, 0.3) is 0 Å². The lowest BCUT2D eigenvalue weighted by molar-refractivity contribution is 0.174. The topological polar surface area (TPSA) is 18.5 Å². The standard InChI is InChI=1S/C16H24O2/c1-4-6-10-16(3,9-5-2)13-7-8-14-15(11-13)18-12-17-14/h7-8,11H,4-6,9-10,12H2,1-3H3. The Balaban J connectivity index is 2.24. The summed E-state index contributed by atoms with van der Waals surface area (Å²) in [4.78, 5) is 0. The number of rotatable bonds is 6. The first-order valence-corrected chi connectivity index (χ1v) is 7.09. The van der Waals surface area contributed by atoms with Crippen LogP contribution >= 0.6 is 0 Å². The molecule has 2 rings (SSSR count). The second-order valence-electron chi connectivity index (χ2n) is 5.48. The average Bonchev–Trinajstić information content (AvgIpc) is 2.84. The highest BCUT2D eigenvalue weighted by Gasteiger charge is 2.27. The molecule has 18 heavy (non-hydrogen) atoms. The highest BCUT2D eigenvalue weighted by molar-refractivity contribution is 5.46. The van der Waals surface area contributed by atoms with E-state index < -0.39 is 0 Å². The van der Waals surface area contributed by atoms with Crippen molar-refractivity contribution < 1.29 is 9.47 Å². The molecule has 0 aliphatic carbocycles. The largest absolute Gasteiger partial charge is 0.454 e. The predicted molar refractivity (Wildman–Crippen MR) is 74.4 cm³/mol. The molecular weight excluding hydrogens is 224 g/mol. The predicted octanol–water partition coefficient (Wildman–Crippen LogP) is 4.66. The summed E-state index contributed by atoms with van der Waals surface area (Å²) >= 11 is 0. The van der Waals surface area contributed by atoms with Crippen molar-refractivity contribution in [1.29, 1.82) is 0 Å². The molecule has 1 unspecified atom stereocenters. The fraction of sp³-hybridized carbons (Fsp3) is 0.625. The van der Waals surface area contributed by atoms with Gasteiger partial charge in [0.15, 0.2) is 11.5 Å². The molecule has 2 nitrogen and oxygen atoms in total. The van der Waals surface area contributed by atoms with Crippen LogP contribution in [0.5, 0.6) is 11.5 Å². The molecule has 0 saturated carbocycles. The van der Waals surface area contributed by atoms with Crippen molar-refractivity contribution in [2.45, 2.75) is 58.3 Å². The van der Waals surface area contributed by atoms with Crippen molar-refractivity contribution in [2.75, 3.05) is 6.79 Å². The van der Waals surface area contributed by atoms with Crippen molar-refractivity contribution in [2.24, 2.45) is 0 Å². The van der Waals surface area contributed by atoms with Gasteiger partial charge in [0.05, 0.1) is 0 Å². The molecule has 0 amide bonds. The van der Waals surface area contributed by atoms with Crippen LogP contribution in [0.15, 0.2) is 18.2 Å². The van der Waals surface area contributed by atoms with Gasteiger partial charge in [-0.3, -0.25) is 0 Å². The van der Waals surface area contributed by atoms with Crippen LogP contribution in [-0.4, -0.2) is 6.79 Å². The molecule has 0 bridgehead atoms. The van der Waals surface area contributed by atoms with E-state index in [1.54, 1.807) is 0 Å². The van der Waals surface area contributed by atoms with E-state index in [9.17, 15) is 0 Å². The summed E-state index contributed by atoms with van der Waals surface area (Å²) in [5.41, 5.74) is 1.66. The fourth-order valence-electron chi connectivity index (χ4n) is 2.80. The highest BCUT2D eigenvalue weighted by Crippen LogP contribution is 2.40. The maximum atomic E-state index is 5.49. The molecule has 1 heterocycles. The summed E-state index contributed by atoms with van der Waals surface area (Å²) in [6.45, 7) is 7.26. The normalized spacial score (nSPS) is 16.6. The van der Waals surface area contributed by atoms with E-state index in [1.165, 1.54) is 37.7 Å². The quantitative estimate of drug-likeness (QED) is 0.728. The third-order valence-electron chi connectivity index (χ3n) is 3.95. The zero-order valence-electron chi connectivity index (χ0n) is 11.8. The van der Waals surface area contributed by atoms with E-state index >= 15 is 0 Å². The molecule has 1 aliphatic heterocycles. The minimum Gasteiger partial charge on any atom is -0.454 e. The Morgan fingerprint density at radius 3 is 2.56 bits per heavy atom. The molecule has 1 aromatic carbocycles. The first-order valence-electron chi connectivity index (χ1n) is 7.09. The first kappa shape index (κ1) is 13.3. The van der Waals surface area contributed by atoms with Crippen LogP contribution in [0.4, 0.5) is 0 Å². The number of unbranched alkanes of at least 4 members (excludes halogenated alkanes) is 1. The van der Waals surface area contributed by atoms with Crippen molar-refractivity contribution in [3.05, 3.63) is 23.8 Å². The number of benzene rings is 1. The molecule has 1 atom stereocenters. The van der Waals surface area contributed by atoms with Crippen molar-refractivity contribution >= 4 is 0 Å². The van der Waals surface area contributed by atoms with Crippen molar-refractivity contribution in [3.63, 3.8) is 0 Å². The molecule has 0 spiro atoms. The lowest BCUT2D eigenvalue weighted by atomic mass is 9.75. The van der Waals surface area contributed by atoms with Gasteiger partial charge in [0.1, 0.15) is 0 Å². The zero-order chi connectivity index (χ0) is 13.0. The monoisotopic (exact) mass is 248 g/mol. The molecule has 1 aliphatic rings. The van der Waals surface area contributed by atoms with Gasteiger partial charge in [-0.1, -0.05) is 46.1 Å². The molecule has 0 N–H and O–H groups in total. The van der Waals surface area contributed by atoms with E-state index in [1.807, 2.05) is 0 Å². The van der Waals surface area contributed by atoms with E-state index in [2.05, 4.69) is 39.0 Å². The molecule has 0 fully saturated rings. The van der Waals surface area contributed by atoms with Gasteiger partial charge in [-0.15, -0.1) is 0 Å². The van der Waals surface area contributed by atoms with Crippen molar-refractivity contribution in [3.8, 4) is 11.5 Å². The Bertz CT molecular complexity index is 400. The number of hydrogen-bond donors (Lipinski definition) is 0. The van der Waals surface area contributed by atoms with E-state index in [0.717, 1.165) is 11.5 Å². The number of ether oxygens (including phenoxy) is 2. The first-order chi connectivity index (χ1) is 8.69.